The quantitative estimate of drug-likeness (QED) is 0.876. The molecule has 1 aromatic carbocycles. The average Bonchev–Trinajstić information content (AvgIpc) is 2.69. The number of aliphatic hydroxyl groups is 1. The number of ether oxygens (including phenoxy) is 1. The highest BCUT2D eigenvalue weighted by molar-refractivity contribution is 6.30. The van der Waals surface area contributed by atoms with E-state index in [-0.39, 0.29) is 0 Å². The molecule has 2 nitrogen and oxygen atoms in total. The van der Waals surface area contributed by atoms with Crippen LogP contribution in [0.5, 0.6) is 5.75 Å². The summed E-state index contributed by atoms with van der Waals surface area (Å²) >= 11 is 5.99. The summed E-state index contributed by atoms with van der Waals surface area (Å²) in [6, 6.07) is 5.48. The van der Waals surface area contributed by atoms with Gasteiger partial charge >= 0.3 is 0 Å². The summed E-state index contributed by atoms with van der Waals surface area (Å²) in [5, 5.41) is 11.2. The highest BCUT2D eigenvalue weighted by Gasteiger charge is 2.35. The first-order valence-corrected chi connectivity index (χ1v) is 6.19. The Kier molecular flexibility index (Phi) is 3.41. The Bertz CT molecular complexity index is 370. The summed E-state index contributed by atoms with van der Waals surface area (Å²) < 4.78 is 5.55. The predicted octanol–water partition coefficient (Wildman–Crippen LogP) is 3.50. The molecule has 1 aliphatic rings. The maximum atomic E-state index is 10.6. The molecular weight excluding hydrogens is 224 g/mol. The second kappa shape index (κ2) is 4.64. The lowest BCUT2D eigenvalue weighted by molar-refractivity contribution is 0.0414. The molecule has 0 heterocycles. The number of rotatable bonds is 3. The lowest BCUT2D eigenvalue weighted by Crippen LogP contribution is -2.22. The van der Waals surface area contributed by atoms with Crippen molar-refractivity contribution in [3.05, 3.63) is 28.8 Å². The van der Waals surface area contributed by atoms with Gasteiger partial charge in [-0.1, -0.05) is 24.4 Å². The summed E-state index contributed by atoms with van der Waals surface area (Å²) in [4.78, 5) is 0. The van der Waals surface area contributed by atoms with E-state index in [4.69, 9.17) is 16.3 Å². The van der Waals surface area contributed by atoms with Crippen molar-refractivity contribution in [2.45, 2.75) is 38.2 Å². The summed E-state index contributed by atoms with van der Waals surface area (Å²) in [5.41, 5.74) is 0.106. The number of benzene rings is 1. The van der Waals surface area contributed by atoms with Crippen molar-refractivity contribution in [2.75, 3.05) is 6.61 Å². The lowest BCUT2D eigenvalue weighted by atomic mass is 9.91. The van der Waals surface area contributed by atoms with E-state index in [0.717, 1.165) is 37.0 Å². The average molecular weight is 241 g/mol. The fraction of sp³-hybridized carbons (Fsp3) is 0.538. The molecule has 0 saturated heterocycles. The maximum Gasteiger partial charge on any atom is 0.125 e. The van der Waals surface area contributed by atoms with Gasteiger partial charge < -0.3 is 9.84 Å². The predicted molar refractivity (Wildman–Crippen MR) is 65.0 cm³/mol. The summed E-state index contributed by atoms with van der Waals surface area (Å²) in [5.74, 6) is 0.760. The van der Waals surface area contributed by atoms with Crippen molar-refractivity contribution in [2.24, 2.45) is 0 Å². The van der Waals surface area contributed by atoms with Crippen LogP contribution in [-0.2, 0) is 5.60 Å². The molecule has 2 rings (SSSR count). The summed E-state index contributed by atoms with van der Waals surface area (Å²) in [7, 11) is 0. The van der Waals surface area contributed by atoms with E-state index < -0.39 is 5.60 Å². The molecule has 0 atom stereocenters. The fourth-order valence-corrected chi connectivity index (χ4v) is 2.55. The van der Waals surface area contributed by atoms with Crippen molar-refractivity contribution in [3.63, 3.8) is 0 Å². The Morgan fingerprint density at radius 1 is 1.38 bits per heavy atom. The van der Waals surface area contributed by atoms with Crippen LogP contribution in [-0.4, -0.2) is 11.7 Å². The van der Waals surface area contributed by atoms with Crippen molar-refractivity contribution in [1.29, 1.82) is 0 Å². The number of halogens is 1. The zero-order valence-electron chi connectivity index (χ0n) is 9.50. The van der Waals surface area contributed by atoms with E-state index in [0.29, 0.717) is 11.6 Å². The minimum Gasteiger partial charge on any atom is -0.493 e. The molecule has 1 aliphatic carbocycles. The van der Waals surface area contributed by atoms with Crippen LogP contribution < -0.4 is 4.74 Å². The van der Waals surface area contributed by atoms with Gasteiger partial charge in [-0.3, -0.25) is 0 Å². The molecule has 0 unspecified atom stereocenters. The van der Waals surface area contributed by atoms with Gasteiger partial charge in [-0.25, -0.2) is 0 Å². The third-order valence-corrected chi connectivity index (χ3v) is 3.41. The number of hydrogen-bond donors (Lipinski definition) is 1. The molecule has 1 saturated carbocycles. The van der Waals surface area contributed by atoms with Crippen molar-refractivity contribution in [1.82, 2.24) is 0 Å². The molecule has 88 valence electrons. The molecule has 3 heteroatoms. The Labute approximate surface area is 101 Å². The van der Waals surface area contributed by atoms with Gasteiger partial charge in [0.15, 0.2) is 0 Å². The Morgan fingerprint density at radius 2 is 2.06 bits per heavy atom. The van der Waals surface area contributed by atoms with Crippen molar-refractivity contribution >= 4 is 11.6 Å². The van der Waals surface area contributed by atoms with Crippen LogP contribution in [0.1, 0.15) is 38.2 Å². The van der Waals surface area contributed by atoms with Gasteiger partial charge in [0.1, 0.15) is 5.75 Å². The SMILES string of the molecule is CCOc1ccc(Cl)cc1C1(O)CCCC1. The molecule has 1 N–H and O–H groups in total. The van der Waals surface area contributed by atoms with Gasteiger partial charge in [0.2, 0.25) is 0 Å². The van der Waals surface area contributed by atoms with Crippen LogP contribution in [0, 0.1) is 0 Å². The minimum atomic E-state index is -0.741. The molecule has 16 heavy (non-hydrogen) atoms. The molecule has 0 bridgehead atoms. The Hall–Kier alpha value is -0.730. The smallest absolute Gasteiger partial charge is 0.125 e. The largest absolute Gasteiger partial charge is 0.493 e. The van der Waals surface area contributed by atoms with Crippen LogP contribution in [0.15, 0.2) is 18.2 Å². The fourth-order valence-electron chi connectivity index (χ4n) is 2.38. The van der Waals surface area contributed by atoms with E-state index in [1.54, 1.807) is 6.07 Å². The standard InChI is InChI=1S/C13H17ClO2/c1-2-16-12-6-5-10(14)9-11(12)13(15)7-3-4-8-13/h5-6,9,15H,2-4,7-8H2,1H3. The van der Waals surface area contributed by atoms with E-state index in [1.807, 2.05) is 19.1 Å². The summed E-state index contributed by atoms with van der Waals surface area (Å²) in [6.07, 6.45) is 3.73. The van der Waals surface area contributed by atoms with E-state index in [2.05, 4.69) is 0 Å². The molecule has 1 fully saturated rings. The molecule has 1 aromatic rings. The lowest BCUT2D eigenvalue weighted by Gasteiger charge is -2.25. The first-order chi connectivity index (χ1) is 7.65. The van der Waals surface area contributed by atoms with Crippen molar-refractivity contribution in [3.8, 4) is 5.75 Å². The maximum absolute atomic E-state index is 10.6. The monoisotopic (exact) mass is 240 g/mol. The van der Waals surface area contributed by atoms with Gasteiger partial charge in [0.25, 0.3) is 0 Å². The third kappa shape index (κ3) is 2.18. The molecule has 0 aromatic heterocycles. The molecule has 0 radical (unpaired) electrons. The van der Waals surface area contributed by atoms with Crippen LogP contribution in [0.25, 0.3) is 0 Å². The first-order valence-electron chi connectivity index (χ1n) is 5.81. The van der Waals surface area contributed by atoms with Crippen molar-refractivity contribution < 1.29 is 9.84 Å². The molecule has 0 amide bonds. The van der Waals surface area contributed by atoms with Gasteiger partial charge in [-0.2, -0.15) is 0 Å². The Morgan fingerprint density at radius 3 is 2.69 bits per heavy atom. The van der Waals surface area contributed by atoms with Gasteiger partial charge in [-0.05, 0) is 38.0 Å². The van der Waals surface area contributed by atoms with Crippen LogP contribution >= 0.6 is 11.6 Å². The first kappa shape index (κ1) is 11.7. The Balaban J connectivity index is 2.40. The topological polar surface area (TPSA) is 29.5 Å². The third-order valence-electron chi connectivity index (χ3n) is 3.17. The molecule has 0 aliphatic heterocycles. The van der Waals surface area contributed by atoms with Crippen LogP contribution in [0.4, 0.5) is 0 Å². The zero-order chi connectivity index (χ0) is 11.6. The van der Waals surface area contributed by atoms with Gasteiger partial charge in [0, 0.05) is 10.6 Å². The summed E-state index contributed by atoms with van der Waals surface area (Å²) in [6.45, 7) is 2.54. The molecule has 0 spiro atoms. The second-order valence-corrected chi connectivity index (χ2v) is 4.75. The van der Waals surface area contributed by atoms with Crippen LogP contribution in [0.3, 0.4) is 0 Å². The highest BCUT2D eigenvalue weighted by atomic mass is 35.5. The minimum absolute atomic E-state index is 0.602. The highest BCUT2D eigenvalue weighted by Crippen LogP contribution is 2.43. The normalized spacial score (nSPS) is 18.7. The van der Waals surface area contributed by atoms with E-state index >= 15 is 0 Å². The zero-order valence-corrected chi connectivity index (χ0v) is 10.3. The van der Waals surface area contributed by atoms with Gasteiger partial charge in [-0.15, -0.1) is 0 Å². The van der Waals surface area contributed by atoms with E-state index in [1.165, 1.54) is 0 Å². The van der Waals surface area contributed by atoms with E-state index in [9.17, 15) is 5.11 Å². The van der Waals surface area contributed by atoms with Crippen LogP contribution in [0.2, 0.25) is 5.02 Å². The molecular formula is C13H17ClO2. The number of hydrogen-bond acceptors (Lipinski definition) is 2. The van der Waals surface area contributed by atoms with Gasteiger partial charge in [0.05, 0.1) is 12.2 Å². The second-order valence-electron chi connectivity index (χ2n) is 4.31.